The number of rotatable bonds is 4. The maximum Gasteiger partial charge on any atom is 0.134 e. The standard InChI is InChI=1S/C14H22N4O2/c19-8-12-4-1-5-18(12)14-7-13(15-10-16-14)17-11-3-2-6-20-9-11/h7,10-12,19H,1-6,8-9H2,(H,15,16,17)/t11-,12-/m1/s1. The zero-order valence-electron chi connectivity index (χ0n) is 11.7. The van der Waals surface area contributed by atoms with Gasteiger partial charge in [0, 0.05) is 19.2 Å². The first-order valence-corrected chi connectivity index (χ1v) is 7.40. The second-order valence-electron chi connectivity index (χ2n) is 5.49. The summed E-state index contributed by atoms with van der Waals surface area (Å²) in [5.74, 6) is 1.74. The van der Waals surface area contributed by atoms with Crippen LogP contribution in [0.5, 0.6) is 0 Å². The second kappa shape index (κ2) is 6.37. The Labute approximate surface area is 119 Å². The van der Waals surface area contributed by atoms with Crippen molar-refractivity contribution in [2.24, 2.45) is 0 Å². The van der Waals surface area contributed by atoms with Crippen LogP contribution in [0.3, 0.4) is 0 Å². The monoisotopic (exact) mass is 278 g/mol. The van der Waals surface area contributed by atoms with Gasteiger partial charge in [-0.05, 0) is 25.7 Å². The SMILES string of the molecule is OC[C@H]1CCCN1c1cc(N[C@@H]2CCCOC2)ncn1. The van der Waals surface area contributed by atoms with E-state index in [1.807, 2.05) is 6.07 Å². The van der Waals surface area contributed by atoms with Crippen molar-refractivity contribution in [3.63, 3.8) is 0 Å². The van der Waals surface area contributed by atoms with E-state index in [-0.39, 0.29) is 12.6 Å². The van der Waals surface area contributed by atoms with E-state index in [9.17, 15) is 5.11 Å². The summed E-state index contributed by atoms with van der Waals surface area (Å²) in [6.07, 6.45) is 5.93. The lowest BCUT2D eigenvalue weighted by Gasteiger charge is -2.26. The van der Waals surface area contributed by atoms with Crippen LogP contribution in [0.1, 0.15) is 25.7 Å². The smallest absolute Gasteiger partial charge is 0.134 e. The van der Waals surface area contributed by atoms with Crippen molar-refractivity contribution in [3.05, 3.63) is 12.4 Å². The fourth-order valence-electron chi connectivity index (χ4n) is 2.97. The van der Waals surface area contributed by atoms with Crippen LogP contribution in [0.15, 0.2) is 12.4 Å². The predicted octanol–water partition coefficient (Wildman–Crippen LogP) is 1.03. The first kappa shape index (κ1) is 13.6. The van der Waals surface area contributed by atoms with Gasteiger partial charge in [0.1, 0.15) is 18.0 Å². The molecule has 3 rings (SSSR count). The molecule has 0 aromatic carbocycles. The van der Waals surface area contributed by atoms with E-state index in [1.165, 1.54) is 0 Å². The Bertz CT molecular complexity index is 437. The molecule has 0 saturated carbocycles. The average molecular weight is 278 g/mol. The summed E-state index contributed by atoms with van der Waals surface area (Å²) in [4.78, 5) is 10.8. The lowest BCUT2D eigenvalue weighted by molar-refractivity contribution is 0.0875. The molecule has 2 atom stereocenters. The molecular formula is C14H22N4O2. The average Bonchev–Trinajstić information content (AvgIpc) is 2.97. The number of aromatic nitrogens is 2. The molecule has 2 aliphatic rings. The summed E-state index contributed by atoms with van der Waals surface area (Å²) in [6, 6.07) is 2.50. The van der Waals surface area contributed by atoms with Gasteiger partial charge in [-0.2, -0.15) is 0 Å². The quantitative estimate of drug-likeness (QED) is 0.857. The topological polar surface area (TPSA) is 70.5 Å². The highest BCUT2D eigenvalue weighted by atomic mass is 16.5. The fraction of sp³-hybridized carbons (Fsp3) is 0.714. The van der Waals surface area contributed by atoms with Gasteiger partial charge in [-0.15, -0.1) is 0 Å². The minimum absolute atomic E-state index is 0.184. The van der Waals surface area contributed by atoms with E-state index in [4.69, 9.17) is 4.74 Å². The van der Waals surface area contributed by atoms with E-state index in [1.54, 1.807) is 6.33 Å². The Hall–Kier alpha value is -1.40. The van der Waals surface area contributed by atoms with Gasteiger partial charge >= 0.3 is 0 Å². The second-order valence-corrected chi connectivity index (χ2v) is 5.49. The van der Waals surface area contributed by atoms with Gasteiger partial charge in [0.05, 0.1) is 25.3 Å². The number of hydrogen-bond donors (Lipinski definition) is 2. The molecule has 1 aromatic rings. The molecule has 2 fully saturated rings. The molecule has 2 N–H and O–H groups in total. The number of hydrogen-bond acceptors (Lipinski definition) is 6. The van der Waals surface area contributed by atoms with Crippen molar-refractivity contribution in [1.29, 1.82) is 0 Å². The molecule has 0 radical (unpaired) electrons. The lowest BCUT2D eigenvalue weighted by atomic mass is 10.1. The predicted molar refractivity (Wildman–Crippen MR) is 76.9 cm³/mol. The van der Waals surface area contributed by atoms with Crippen molar-refractivity contribution in [3.8, 4) is 0 Å². The van der Waals surface area contributed by atoms with Crippen LogP contribution in [0.2, 0.25) is 0 Å². The summed E-state index contributed by atoms with van der Waals surface area (Å²) in [5, 5.41) is 12.8. The van der Waals surface area contributed by atoms with Crippen LogP contribution in [0.25, 0.3) is 0 Å². The molecule has 0 bridgehead atoms. The molecule has 2 saturated heterocycles. The molecule has 0 spiro atoms. The summed E-state index contributed by atoms with van der Waals surface area (Å²) in [6.45, 7) is 2.74. The van der Waals surface area contributed by atoms with Crippen LogP contribution < -0.4 is 10.2 Å². The Morgan fingerprint density at radius 2 is 2.30 bits per heavy atom. The molecule has 20 heavy (non-hydrogen) atoms. The third-order valence-electron chi connectivity index (χ3n) is 4.05. The largest absolute Gasteiger partial charge is 0.394 e. The number of ether oxygens (including phenoxy) is 1. The van der Waals surface area contributed by atoms with Crippen molar-refractivity contribution in [2.75, 3.05) is 36.6 Å². The van der Waals surface area contributed by atoms with Gasteiger partial charge in [-0.3, -0.25) is 0 Å². The minimum Gasteiger partial charge on any atom is -0.394 e. The molecule has 1 aromatic heterocycles. The Morgan fingerprint density at radius 3 is 3.10 bits per heavy atom. The van der Waals surface area contributed by atoms with E-state index < -0.39 is 0 Å². The zero-order chi connectivity index (χ0) is 13.8. The van der Waals surface area contributed by atoms with E-state index in [2.05, 4.69) is 20.2 Å². The normalized spacial score (nSPS) is 26.8. The Morgan fingerprint density at radius 1 is 1.35 bits per heavy atom. The van der Waals surface area contributed by atoms with Gasteiger partial charge in [-0.1, -0.05) is 0 Å². The Kier molecular flexibility index (Phi) is 4.32. The van der Waals surface area contributed by atoms with Crippen molar-refractivity contribution < 1.29 is 9.84 Å². The van der Waals surface area contributed by atoms with E-state index in [0.717, 1.165) is 57.1 Å². The molecule has 2 aliphatic heterocycles. The maximum atomic E-state index is 9.41. The molecule has 0 aliphatic carbocycles. The highest BCUT2D eigenvalue weighted by molar-refractivity contribution is 5.50. The third-order valence-corrected chi connectivity index (χ3v) is 4.05. The van der Waals surface area contributed by atoms with Crippen LogP contribution >= 0.6 is 0 Å². The Balaban J connectivity index is 1.69. The first-order chi connectivity index (χ1) is 9.86. The number of nitrogens with zero attached hydrogens (tertiary/aromatic N) is 3. The molecule has 110 valence electrons. The molecule has 3 heterocycles. The van der Waals surface area contributed by atoms with Crippen LogP contribution in [0.4, 0.5) is 11.6 Å². The number of nitrogens with one attached hydrogen (secondary N) is 1. The molecule has 0 amide bonds. The van der Waals surface area contributed by atoms with Gasteiger partial charge < -0.3 is 20.1 Å². The summed E-state index contributed by atoms with van der Waals surface area (Å²) < 4.78 is 5.47. The van der Waals surface area contributed by atoms with Crippen LogP contribution in [-0.2, 0) is 4.74 Å². The highest BCUT2D eigenvalue weighted by Crippen LogP contribution is 2.25. The fourth-order valence-corrected chi connectivity index (χ4v) is 2.97. The number of aliphatic hydroxyl groups is 1. The molecule has 6 nitrogen and oxygen atoms in total. The minimum atomic E-state index is 0.184. The first-order valence-electron chi connectivity index (χ1n) is 7.40. The van der Waals surface area contributed by atoms with E-state index in [0.29, 0.717) is 6.04 Å². The number of aliphatic hydroxyl groups excluding tert-OH is 1. The lowest BCUT2D eigenvalue weighted by Crippen LogP contribution is -2.33. The highest BCUT2D eigenvalue weighted by Gasteiger charge is 2.25. The maximum absolute atomic E-state index is 9.41. The van der Waals surface area contributed by atoms with Gasteiger partial charge in [0.2, 0.25) is 0 Å². The molecule has 6 heteroatoms. The van der Waals surface area contributed by atoms with Crippen LogP contribution in [-0.4, -0.2) is 53.5 Å². The van der Waals surface area contributed by atoms with Crippen molar-refractivity contribution >= 4 is 11.6 Å². The molecular weight excluding hydrogens is 256 g/mol. The van der Waals surface area contributed by atoms with Gasteiger partial charge in [0.15, 0.2) is 0 Å². The van der Waals surface area contributed by atoms with Crippen molar-refractivity contribution in [1.82, 2.24) is 9.97 Å². The molecule has 0 unspecified atom stereocenters. The summed E-state index contributed by atoms with van der Waals surface area (Å²) >= 11 is 0. The zero-order valence-corrected chi connectivity index (χ0v) is 11.7. The van der Waals surface area contributed by atoms with Gasteiger partial charge in [-0.25, -0.2) is 9.97 Å². The van der Waals surface area contributed by atoms with Crippen LogP contribution in [0, 0.1) is 0 Å². The third kappa shape index (κ3) is 3.02. The van der Waals surface area contributed by atoms with Crippen molar-refractivity contribution in [2.45, 2.75) is 37.8 Å². The number of anilines is 2. The summed E-state index contributed by atoms with van der Waals surface area (Å²) in [5.41, 5.74) is 0. The summed E-state index contributed by atoms with van der Waals surface area (Å²) in [7, 11) is 0. The van der Waals surface area contributed by atoms with E-state index >= 15 is 0 Å². The van der Waals surface area contributed by atoms with Gasteiger partial charge in [0.25, 0.3) is 0 Å².